The van der Waals surface area contributed by atoms with E-state index in [9.17, 15) is 0 Å². The minimum atomic E-state index is -0.0758. The van der Waals surface area contributed by atoms with Gasteiger partial charge in [0.2, 0.25) is 0 Å². The predicted molar refractivity (Wildman–Crippen MR) is 39.0 cm³/mol. The average molecular weight is 138 g/mol. The van der Waals surface area contributed by atoms with Crippen LogP contribution in [0.4, 0.5) is 5.82 Å². The van der Waals surface area contributed by atoms with Crippen molar-refractivity contribution in [3.05, 3.63) is 18.1 Å². The number of hydrogen-bond acceptors (Lipinski definition) is 4. The van der Waals surface area contributed by atoms with E-state index in [2.05, 4.69) is 9.97 Å². The molecule has 0 radical (unpaired) electrons. The molecule has 0 saturated carbocycles. The van der Waals surface area contributed by atoms with Gasteiger partial charge in [0.1, 0.15) is 5.82 Å². The van der Waals surface area contributed by atoms with Crippen LogP contribution in [0.3, 0.4) is 0 Å². The highest BCUT2D eigenvalue weighted by molar-refractivity contribution is 5.23. The molecule has 1 unspecified atom stereocenters. The van der Waals surface area contributed by atoms with Gasteiger partial charge in [0.05, 0.1) is 18.1 Å². The minimum absolute atomic E-state index is 0.0758. The maximum Gasteiger partial charge on any atom is 0.141 e. The highest BCUT2D eigenvalue weighted by Crippen LogP contribution is 2.03. The van der Waals surface area contributed by atoms with E-state index in [1.165, 1.54) is 6.20 Å². The average Bonchev–Trinajstić information content (AvgIpc) is 1.88. The summed E-state index contributed by atoms with van der Waals surface area (Å²) in [6.45, 7) is 1.85. The molecule has 0 fully saturated rings. The van der Waals surface area contributed by atoms with Crippen molar-refractivity contribution in [3.8, 4) is 0 Å². The Morgan fingerprint density at radius 2 is 2.10 bits per heavy atom. The van der Waals surface area contributed by atoms with Gasteiger partial charge in [0, 0.05) is 6.04 Å². The molecule has 1 heterocycles. The van der Waals surface area contributed by atoms with Crippen molar-refractivity contribution >= 4 is 5.82 Å². The van der Waals surface area contributed by atoms with E-state index in [4.69, 9.17) is 11.5 Å². The molecule has 0 bridgehead atoms. The van der Waals surface area contributed by atoms with Crippen LogP contribution in [0.15, 0.2) is 12.4 Å². The molecule has 10 heavy (non-hydrogen) atoms. The lowest BCUT2D eigenvalue weighted by atomic mass is 10.3. The zero-order chi connectivity index (χ0) is 7.56. The van der Waals surface area contributed by atoms with Crippen molar-refractivity contribution in [2.75, 3.05) is 5.73 Å². The molecule has 4 nitrogen and oxygen atoms in total. The van der Waals surface area contributed by atoms with Crippen molar-refractivity contribution in [2.24, 2.45) is 5.73 Å². The second kappa shape index (κ2) is 2.62. The van der Waals surface area contributed by atoms with Crippen molar-refractivity contribution in [1.29, 1.82) is 0 Å². The third kappa shape index (κ3) is 1.41. The van der Waals surface area contributed by atoms with E-state index in [1.54, 1.807) is 6.20 Å². The molecule has 1 aromatic heterocycles. The van der Waals surface area contributed by atoms with Crippen LogP contribution >= 0.6 is 0 Å². The van der Waals surface area contributed by atoms with Crippen LogP contribution in [0.2, 0.25) is 0 Å². The van der Waals surface area contributed by atoms with Crippen LogP contribution in [-0.4, -0.2) is 9.97 Å². The molecule has 1 atom stereocenters. The smallest absolute Gasteiger partial charge is 0.141 e. The second-order valence-electron chi connectivity index (χ2n) is 2.15. The van der Waals surface area contributed by atoms with Gasteiger partial charge < -0.3 is 11.5 Å². The highest BCUT2D eigenvalue weighted by atomic mass is 14.9. The van der Waals surface area contributed by atoms with Crippen molar-refractivity contribution < 1.29 is 0 Å². The molecule has 0 spiro atoms. The van der Waals surface area contributed by atoms with E-state index in [0.29, 0.717) is 5.82 Å². The number of nitrogens with two attached hydrogens (primary N) is 2. The fourth-order valence-electron chi connectivity index (χ4n) is 0.583. The van der Waals surface area contributed by atoms with Gasteiger partial charge in [-0.2, -0.15) is 0 Å². The van der Waals surface area contributed by atoms with Gasteiger partial charge in [-0.15, -0.1) is 0 Å². The minimum Gasteiger partial charge on any atom is -0.382 e. The first-order valence-electron chi connectivity index (χ1n) is 3.03. The summed E-state index contributed by atoms with van der Waals surface area (Å²) in [5.74, 6) is 0.421. The summed E-state index contributed by atoms with van der Waals surface area (Å²) in [7, 11) is 0. The molecular weight excluding hydrogens is 128 g/mol. The molecule has 0 aromatic carbocycles. The Morgan fingerprint density at radius 3 is 2.50 bits per heavy atom. The lowest BCUT2D eigenvalue weighted by Crippen LogP contribution is -2.08. The van der Waals surface area contributed by atoms with Gasteiger partial charge in [-0.05, 0) is 6.92 Å². The lowest BCUT2D eigenvalue weighted by Gasteiger charge is -2.01. The normalized spacial score (nSPS) is 13.0. The Morgan fingerprint density at radius 1 is 1.40 bits per heavy atom. The van der Waals surface area contributed by atoms with E-state index in [1.807, 2.05) is 6.92 Å². The maximum atomic E-state index is 5.52. The van der Waals surface area contributed by atoms with E-state index < -0.39 is 0 Å². The van der Waals surface area contributed by atoms with Crippen LogP contribution < -0.4 is 11.5 Å². The molecule has 1 rings (SSSR count). The zero-order valence-electron chi connectivity index (χ0n) is 5.78. The topological polar surface area (TPSA) is 77.8 Å². The van der Waals surface area contributed by atoms with Gasteiger partial charge in [0.25, 0.3) is 0 Å². The Kier molecular flexibility index (Phi) is 1.82. The lowest BCUT2D eigenvalue weighted by molar-refractivity contribution is 0.773. The van der Waals surface area contributed by atoms with Crippen LogP contribution in [0.5, 0.6) is 0 Å². The van der Waals surface area contributed by atoms with Crippen LogP contribution in [-0.2, 0) is 0 Å². The third-order valence-electron chi connectivity index (χ3n) is 1.16. The molecule has 0 aliphatic rings. The summed E-state index contributed by atoms with van der Waals surface area (Å²) in [6, 6.07) is -0.0758. The summed E-state index contributed by atoms with van der Waals surface area (Å²) in [5.41, 5.74) is 11.6. The van der Waals surface area contributed by atoms with E-state index >= 15 is 0 Å². The van der Waals surface area contributed by atoms with Gasteiger partial charge in [-0.3, -0.25) is 4.98 Å². The molecule has 4 N–H and O–H groups in total. The number of nitrogens with zero attached hydrogens (tertiary/aromatic N) is 2. The highest BCUT2D eigenvalue weighted by Gasteiger charge is 1.98. The Hall–Kier alpha value is -1.16. The number of hydrogen-bond donors (Lipinski definition) is 2. The quantitative estimate of drug-likeness (QED) is 0.576. The Bertz CT molecular complexity index is 203. The summed E-state index contributed by atoms with van der Waals surface area (Å²) < 4.78 is 0. The molecule has 1 aromatic rings. The molecule has 0 aliphatic carbocycles. The molecule has 0 aliphatic heterocycles. The molecule has 54 valence electrons. The molecule has 0 amide bonds. The van der Waals surface area contributed by atoms with E-state index in [0.717, 1.165) is 5.69 Å². The van der Waals surface area contributed by atoms with Crippen molar-refractivity contribution in [2.45, 2.75) is 13.0 Å². The van der Waals surface area contributed by atoms with Crippen LogP contribution in [0.25, 0.3) is 0 Å². The number of nitrogen functional groups attached to an aromatic ring is 1. The second-order valence-corrected chi connectivity index (χ2v) is 2.15. The van der Waals surface area contributed by atoms with Gasteiger partial charge in [0.15, 0.2) is 0 Å². The Labute approximate surface area is 59.3 Å². The van der Waals surface area contributed by atoms with Crippen LogP contribution in [0, 0.1) is 0 Å². The first-order valence-corrected chi connectivity index (χ1v) is 3.03. The first-order chi connectivity index (χ1) is 4.70. The van der Waals surface area contributed by atoms with Crippen molar-refractivity contribution in [1.82, 2.24) is 9.97 Å². The standard InChI is InChI=1S/C6H10N4/c1-4(7)5-2-10-6(8)3-9-5/h2-4H,7H2,1H3,(H2,8,10). The molecular formula is C6H10N4. The SMILES string of the molecule is CC(N)c1cnc(N)cn1. The third-order valence-corrected chi connectivity index (χ3v) is 1.16. The monoisotopic (exact) mass is 138 g/mol. The molecule has 0 saturated heterocycles. The number of anilines is 1. The fraction of sp³-hybridized carbons (Fsp3) is 0.333. The summed E-state index contributed by atoms with van der Waals surface area (Å²) in [5, 5.41) is 0. The Balaban J connectivity index is 2.89. The summed E-state index contributed by atoms with van der Waals surface area (Å²) in [4.78, 5) is 7.80. The maximum absolute atomic E-state index is 5.52. The number of aromatic nitrogens is 2. The first kappa shape index (κ1) is 6.95. The van der Waals surface area contributed by atoms with Gasteiger partial charge in [-0.25, -0.2) is 4.98 Å². The predicted octanol–water partition coefficient (Wildman–Crippen LogP) is 0.0785. The fourth-order valence-corrected chi connectivity index (χ4v) is 0.583. The van der Waals surface area contributed by atoms with Crippen LogP contribution in [0.1, 0.15) is 18.7 Å². The van der Waals surface area contributed by atoms with E-state index in [-0.39, 0.29) is 6.04 Å². The number of rotatable bonds is 1. The van der Waals surface area contributed by atoms with Crippen molar-refractivity contribution in [3.63, 3.8) is 0 Å². The van der Waals surface area contributed by atoms with Gasteiger partial charge >= 0.3 is 0 Å². The zero-order valence-corrected chi connectivity index (χ0v) is 5.78. The molecule has 4 heteroatoms. The van der Waals surface area contributed by atoms with Gasteiger partial charge in [-0.1, -0.05) is 0 Å². The summed E-state index contributed by atoms with van der Waals surface area (Å²) in [6.07, 6.45) is 3.08. The largest absolute Gasteiger partial charge is 0.382 e. The summed E-state index contributed by atoms with van der Waals surface area (Å²) >= 11 is 0.